The van der Waals surface area contributed by atoms with E-state index in [1.165, 1.54) is 16.9 Å². The number of allylic oxidation sites excluding steroid dienone is 1. The van der Waals surface area contributed by atoms with Gasteiger partial charge in [-0.15, -0.1) is 11.8 Å². The summed E-state index contributed by atoms with van der Waals surface area (Å²) < 4.78 is 0. The number of amides is 2. The van der Waals surface area contributed by atoms with Gasteiger partial charge in [0.15, 0.2) is 12.2 Å². The largest absolute Gasteiger partial charge is 0.380 e. The van der Waals surface area contributed by atoms with Crippen LogP contribution in [0.3, 0.4) is 0 Å². The number of para-hydroxylation sites is 1. The average molecular weight is 542 g/mol. The molecule has 1 saturated carbocycles. The monoisotopic (exact) mass is 541 g/mol. The SMILES string of the molecule is O=C(NCC1=CC(C2CC2c2ccccc2)CS1)[C@H](O)[C@@H](O)C(=O)N1CCN(c2ccccc2Cl)CC1. The van der Waals surface area contributed by atoms with E-state index in [1.54, 1.807) is 11.8 Å². The molecule has 2 aliphatic heterocycles. The maximum Gasteiger partial charge on any atom is 0.254 e. The van der Waals surface area contributed by atoms with Crippen LogP contribution in [0.1, 0.15) is 17.9 Å². The third kappa shape index (κ3) is 5.98. The first kappa shape index (κ1) is 26.1. The Bertz CT molecular complexity index is 1160. The number of halogens is 1. The molecule has 0 radical (unpaired) electrons. The van der Waals surface area contributed by atoms with Crippen LogP contribution >= 0.6 is 23.4 Å². The molecular formula is C28H32ClN3O4S. The molecule has 0 bridgehead atoms. The molecule has 9 heteroatoms. The molecule has 5 rings (SSSR count). The molecular weight excluding hydrogens is 510 g/mol. The number of hydrogen-bond acceptors (Lipinski definition) is 6. The zero-order valence-electron chi connectivity index (χ0n) is 20.5. The third-order valence-corrected chi connectivity index (χ3v) is 9.04. The predicted molar refractivity (Wildman–Crippen MR) is 147 cm³/mol. The molecule has 1 saturated heterocycles. The fourth-order valence-electron chi connectivity index (χ4n) is 5.29. The van der Waals surface area contributed by atoms with Gasteiger partial charge in [0, 0.05) is 43.4 Å². The molecule has 37 heavy (non-hydrogen) atoms. The molecule has 3 unspecified atom stereocenters. The Morgan fingerprint density at radius 1 is 1.00 bits per heavy atom. The number of aliphatic hydroxyl groups is 2. The van der Waals surface area contributed by atoms with E-state index >= 15 is 0 Å². The predicted octanol–water partition coefficient (Wildman–Crippen LogP) is 2.88. The first-order valence-electron chi connectivity index (χ1n) is 12.7. The molecule has 7 nitrogen and oxygen atoms in total. The second-order valence-corrected chi connectivity index (χ2v) is 11.4. The van der Waals surface area contributed by atoms with Gasteiger partial charge in [-0.05, 0) is 41.9 Å². The van der Waals surface area contributed by atoms with Gasteiger partial charge in [-0.25, -0.2) is 0 Å². The lowest BCUT2D eigenvalue weighted by Crippen LogP contribution is -2.55. The van der Waals surface area contributed by atoms with Crippen LogP contribution in [0.5, 0.6) is 0 Å². The molecule has 2 aromatic rings. The molecule has 2 aromatic carbocycles. The number of anilines is 1. The van der Waals surface area contributed by atoms with Gasteiger partial charge >= 0.3 is 0 Å². The van der Waals surface area contributed by atoms with Gasteiger partial charge < -0.3 is 25.3 Å². The van der Waals surface area contributed by atoms with Crippen LogP contribution in [0, 0.1) is 11.8 Å². The van der Waals surface area contributed by atoms with E-state index in [9.17, 15) is 19.8 Å². The standard InChI is InChI=1S/C28H32ClN3O4S/c29-23-8-4-5-9-24(23)31-10-12-32(13-11-31)28(36)26(34)25(33)27(35)30-16-20-14-19(17-37-20)22-15-21(22)18-6-2-1-3-7-18/h1-9,14,19,21-22,25-26,33-34H,10-13,15-17H2,(H,30,35)/t19?,21?,22?,25-,26-/m1/s1. The maximum absolute atomic E-state index is 12.8. The van der Waals surface area contributed by atoms with Crippen molar-refractivity contribution in [2.45, 2.75) is 24.5 Å². The van der Waals surface area contributed by atoms with Gasteiger partial charge in [-0.2, -0.15) is 0 Å². The highest BCUT2D eigenvalue weighted by Crippen LogP contribution is 2.55. The van der Waals surface area contributed by atoms with Crippen molar-refractivity contribution < 1.29 is 19.8 Å². The van der Waals surface area contributed by atoms with E-state index in [1.807, 2.05) is 30.3 Å². The summed E-state index contributed by atoms with van der Waals surface area (Å²) in [4.78, 5) is 29.9. The van der Waals surface area contributed by atoms with Crippen LogP contribution < -0.4 is 10.2 Å². The number of carbonyl (C=O) groups excluding carboxylic acids is 2. The van der Waals surface area contributed by atoms with Gasteiger partial charge in [-0.3, -0.25) is 9.59 Å². The first-order valence-corrected chi connectivity index (χ1v) is 14.1. The van der Waals surface area contributed by atoms with E-state index in [2.05, 4.69) is 40.6 Å². The smallest absolute Gasteiger partial charge is 0.254 e. The Labute approximate surface area is 226 Å². The van der Waals surface area contributed by atoms with Crippen molar-refractivity contribution in [1.29, 1.82) is 0 Å². The zero-order chi connectivity index (χ0) is 25.9. The minimum atomic E-state index is -1.82. The number of aliphatic hydroxyl groups excluding tert-OH is 2. The van der Waals surface area contributed by atoms with Gasteiger partial charge in [0.2, 0.25) is 0 Å². The number of thioether (sulfide) groups is 1. The number of benzene rings is 2. The summed E-state index contributed by atoms with van der Waals surface area (Å²) in [5.41, 5.74) is 2.29. The Morgan fingerprint density at radius 3 is 2.43 bits per heavy atom. The van der Waals surface area contributed by atoms with Crippen LogP contribution in [0.15, 0.2) is 65.6 Å². The Kier molecular flexibility index (Phi) is 8.09. The van der Waals surface area contributed by atoms with Gasteiger partial charge in [0.05, 0.1) is 10.7 Å². The summed E-state index contributed by atoms with van der Waals surface area (Å²) >= 11 is 7.99. The highest BCUT2D eigenvalue weighted by atomic mass is 35.5. The minimum absolute atomic E-state index is 0.289. The Hall–Kier alpha value is -2.52. The minimum Gasteiger partial charge on any atom is -0.380 e. The zero-order valence-corrected chi connectivity index (χ0v) is 22.1. The third-order valence-electron chi connectivity index (χ3n) is 7.52. The first-order chi connectivity index (χ1) is 17.9. The highest BCUT2D eigenvalue weighted by molar-refractivity contribution is 8.03. The van der Waals surface area contributed by atoms with Crippen molar-refractivity contribution in [3.63, 3.8) is 0 Å². The number of hydrogen-bond donors (Lipinski definition) is 3. The van der Waals surface area contributed by atoms with Crippen molar-refractivity contribution in [2.75, 3.05) is 43.4 Å². The maximum atomic E-state index is 12.8. The quantitative estimate of drug-likeness (QED) is 0.476. The molecule has 2 heterocycles. The second kappa shape index (κ2) is 11.5. The van der Waals surface area contributed by atoms with Crippen molar-refractivity contribution in [1.82, 2.24) is 10.2 Å². The lowest BCUT2D eigenvalue weighted by Gasteiger charge is -2.37. The van der Waals surface area contributed by atoms with Crippen LogP contribution in [0.2, 0.25) is 5.02 Å². The van der Waals surface area contributed by atoms with Crippen molar-refractivity contribution in [3.05, 3.63) is 76.2 Å². The molecule has 3 aliphatic rings. The van der Waals surface area contributed by atoms with E-state index in [-0.39, 0.29) is 6.54 Å². The number of rotatable bonds is 8. The molecule has 0 spiro atoms. The van der Waals surface area contributed by atoms with Crippen LogP contribution in [-0.2, 0) is 9.59 Å². The average Bonchev–Trinajstić information content (AvgIpc) is 3.60. The van der Waals surface area contributed by atoms with Gasteiger partial charge in [0.25, 0.3) is 11.8 Å². The summed E-state index contributed by atoms with van der Waals surface area (Å²) in [5.74, 6) is 1.32. The molecule has 2 amide bonds. The Balaban J connectivity index is 1.07. The number of carbonyl (C=O) groups is 2. The highest BCUT2D eigenvalue weighted by Gasteiger charge is 2.44. The van der Waals surface area contributed by atoms with Gasteiger partial charge in [0.1, 0.15) is 0 Å². The van der Waals surface area contributed by atoms with Crippen LogP contribution in [0.25, 0.3) is 0 Å². The van der Waals surface area contributed by atoms with E-state index in [0.29, 0.717) is 49.0 Å². The molecule has 3 N–H and O–H groups in total. The molecule has 0 aromatic heterocycles. The summed E-state index contributed by atoms with van der Waals surface area (Å²) in [6.45, 7) is 2.11. The summed E-state index contributed by atoms with van der Waals surface area (Å²) in [6, 6.07) is 18.1. The summed E-state index contributed by atoms with van der Waals surface area (Å²) in [6.07, 6.45) is -0.207. The molecule has 2 fully saturated rings. The molecule has 196 valence electrons. The lowest BCUT2D eigenvalue weighted by atomic mass is 10.0. The fourth-order valence-corrected chi connectivity index (χ4v) is 6.74. The number of nitrogens with one attached hydrogen (secondary N) is 1. The van der Waals surface area contributed by atoms with Crippen molar-refractivity contribution >= 4 is 40.9 Å². The van der Waals surface area contributed by atoms with Crippen molar-refractivity contribution in [3.8, 4) is 0 Å². The van der Waals surface area contributed by atoms with Gasteiger partial charge in [-0.1, -0.05) is 60.1 Å². The molecule has 5 atom stereocenters. The topological polar surface area (TPSA) is 93.1 Å². The number of piperazine rings is 1. The fraction of sp³-hybridized carbons (Fsp3) is 0.429. The second-order valence-electron chi connectivity index (χ2n) is 9.90. The van der Waals surface area contributed by atoms with Crippen LogP contribution in [0.4, 0.5) is 5.69 Å². The normalized spacial score (nSPS) is 24.8. The Morgan fingerprint density at radius 2 is 1.70 bits per heavy atom. The van der Waals surface area contributed by atoms with E-state index in [0.717, 1.165) is 16.3 Å². The van der Waals surface area contributed by atoms with E-state index < -0.39 is 24.0 Å². The lowest BCUT2D eigenvalue weighted by molar-refractivity contribution is -0.153. The molecule has 1 aliphatic carbocycles. The summed E-state index contributed by atoms with van der Waals surface area (Å²) in [7, 11) is 0. The summed E-state index contributed by atoms with van der Waals surface area (Å²) in [5, 5.41) is 24.1. The van der Waals surface area contributed by atoms with Crippen LogP contribution in [-0.4, -0.2) is 77.6 Å². The van der Waals surface area contributed by atoms with Crippen molar-refractivity contribution in [2.24, 2.45) is 11.8 Å². The van der Waals surface area contributed by atoms with E-state index in [4.69, 9.17) is 11.6 Å². The number of nitrogens with zero attached hydrogens (tertiary/aromatic N) is 2.